The summed E-state index contributed by atoms with van der Waals surface area (Å²) in [6, 6.07) is 18.1. The summed E-state index contributed by atoms with van der Waals surface area (Å²) in [5.41, 5.74) is 3.89. The van der Waals surface area contributed by atoms with Gasteiger partial charge in [-0.3, -0.25) is 9.59 Å². The van der Waals surface area contributed by atoms with E-state index >= 15 is 0 Å². The van der Waals surface area contributed by atoms with Gasteiger partial charge in [0.25, 0.3) is 11.8 Å². The van der Waals surface area contributed by atoms with Crippen LogP contribution in [-0.4, -0.2) is 18.0 Å². The van der Waals surface area contributed by atoms with Gasteiger partial charge >= 0.3 is 0 Å². The van der Waals surface area contributed by atoms with Gasteiger partial charge in [-0.05, 0) is 36.4 Å². The minimum Gasteiger partial charge on any atom is -0.321 e. The zero-order chi connectivity index (χ0) is 20.8. The molecular formula is C21H14Cl3N3O2. The molecule has 0 aliphatic rings. The van der Waals surface area contributed by atoms with Gasteiger partial charge < -0.3 is 5.32 Å². The minimum atomic E-state index is -0.499. The Balaban J connectivity index is 1.74. The number of anilines is 1. The first kappa shape index (κ1) is 20.9. The number of amides is 2. The molecule has 0 heterocycles. The van der Waals surface area contributed by atoms with Crippen LogP contribution in [0.3, 0.4) is 0 Å². The summed E-state index contributed by atoms with van der Waals surface area (Å²) in [6.07, 6.45) is 1.40. The van der Waals surface area contributed by atoms with Gasteiger partial charge in [0, 0.05) is 10.6 Å². The number of nitrogens with one attached hydrogen (secondary N) is 2. The highest BCUT2D eigenvalue weighted by Crippen LogP contribution is 2.21. The van der Waals surface area contributed by atoms with Crippen molar-refractivity contribution in [3.05, 3.63) is 98.5 Å². The zero-order valence-corrected chi connectivity index (χ0v) is 17.1. The highest BCUT2D eigenvalue weighted by molar-refractivity contribution is 6.36. The molecule has 0 atom stereocenters. The molecule has 3 aromatic carbocycles. The van der Waals surface area contributed by atoms with Gasteiger partial charge in [-0.2, -0.15) is 5.10 Å². The van der Waals surface area contributed by atoms with Gasteiger partial charge in [0.1, 0.15) is 0 Å². The second-order valence-electron chi connectivity index (χ2n) is 5.84. The molecule has 0 spiro atoms. The number of hydrogen-bond donors (Lipinski definition) is 2. The zero-order valence-electron chi connectivity index (χ0n) is 14.8. The van der Waals surface area contributed by atoms with E-state index in [4.69, 9.17) is 34.8 Å². The third kappa shape index (κ3) is 5.35. The van der Waals surface area contributed by atoms with E-state index in [9.17, 15) is 9.59 Å². The summed E-state index contributed by atoms with van der Waals surface area (Å²) in [4.78, 5) is 25.0. The maximum Gasteiger partial charge on any atom is 0.273 e. The summed E-state index contributed by atoms with van der Waals surface area (Å²) in [5.74, 6) is -0.923. The monoisotopic (exact) mass is 445 g/mol. The van der Waals surface area contributed by atoms with E-state index < -0.39 is 11.8 Å². The second kappa shape index (κ2) is 9.56. The lowest BCUT2D eigenvalue weighted by Gasteiger charge is -2.10. The number of halogens is 3. The van der Waals surface area contributed by atoms with Crippen LogP contribution in [0.2, 0.25) is 15.1 Å². The summed E-state index contributed by atoms with van der Waals surface area (Å²) in [5, 5.41) is 7.84. The van der Waals surface area contributed by atoms with Crippen LogP contribution in [0.1, 0.15) is 26.3 Å². The van der Waals surface area contributed by atoms with E-state index in [1.165, 1.54) is 6.21 Å². The van der Waals surface area contributed by atoms with Crippen LogP contribution in [0.5, 0.6) is 0 Å². The third-order valence-electron chi connectivity index (χ3n) is 3.87. The first-order chi connectivity index (χ1) is 14.0. The Hall–Kier alpha value is -2.86. The molecule has 2 amide bonds. The van der Waals surface area contributed by atoms with E-state index in [0.717, 1.165) is 0 Å². The first-order valence-electron chi connectivity index (χ1n) is 8.39. The lowest BCUT2D eigenvalue weighted by molar-refractivity contribution is 0.0956. The predicted octanol–water partition coefficient (Wildman–Crippen LogP) is 5.66. The quantitative estimate of drug-likeness (QED) is 0.392. The maximum absolute atomic E-state index is 12.5. The molecule has 29 heavy (non-hydrogen) atoms. The molecule has 0 bridgehead atoms. The van der Waals surface area contributed by atoms with Crippen LogP contribution in [0, 0.1) is 0 Å². The SMILES string of the molecule is O=C(Nc1ccccc1C(=O)N/N=C/c1ccc(Cl)cc1Cl)c1ccccc1Cl. The van der Waals surface area contributed by atoms with Crippen molar-refractivity contribution < 1.29 is 9.59 Å². The largest absolute Gasteiger partial charge is 0.321 e. The Morgan fingerprint density at radius 1 is 0.793 bits per heavy atom. The van der Waals surface area contributed by atoms with E-state index in [1.54, 1.807) is 66.7 Å². The van der Waals surface area contributed by atoms with Gasteiger partial charge in [-0.1, -0.05) is 65.1 Å². The highest BCUT2D eigenvalue weighted by atomic mass is 35.5. The topological polar surface area (TPSA) is 70.6 Å². The van der Waals surface area contributed by atoms with Crippen LogP contribution < -0.4 is 10.7 Å². The Bertz CT molecular complexity index is 1100. The molecule has 3 aromatic rings. The molecule has 0 saturated carbocycles. The van der Waals surface area contributed by atoms with Gasteiger partial charge in [0.15, 0.2) is 0 Å². The fourth-order valence-corrected chi connectivity index (χ4v) is 3.13. The van der Waals surface area contributed by atoms with Crippen molar-refractivity contribution >= 4 is 58.5 Å². The smallest absolute Gasteiger partial charge is 0.273 e. The van der Waals surface area contributed by atoms with Crippen molar-refractivity contribution in [2.24, 2.45) is 5.10 Å². The Morgan fingerprint density at radius 3 is 2.21 bits per heavy atom. The molecule has 0 unspecified atom stereocenters. The summed E-state index contributed by atoms with van der Waals surface area (Å²) in [6.45, 7) is 0. The van der Waals surface area contributed by atoms with Crippen molar-refractivity contribution in [3.63, 3.8) is 0 Å². The van der Waals surface area contributed by atoms with Crippen LogP contribution in [0.15, 0.2) is 71.8 Å². The van der Waals surface area contributed by atoms with Crippen LogP contribution in [-0.2, 0) is 0 Å². The van der Waals surface area contributed by atoms with Crippen LogP contribution in [0.4, 0.5) is 5.69 Å². The van der Waals surface area contributed by atoms with Crippen LogP contribution in [0.25, 0.3) is 0 Å². The lowest BCUT2D eigenvalue weighted by Crippen LogP contribution is -2.21. The van der Waals surface area contributed by atoms with Crippen molar-refractivity contribution in [2.75, 3.05) is 5.32 Å². The fraction of sp³-hybridized carbons (Fsp3) is 0. The average molecular weight is 447 g/mol. The van der Waals surface area contributed by atoms with E-state index in [0.29, 0.717) is 31.9 Å². The summed E-state index contributed by atoms with van der Waals surface area (Å²) < 4.78 is 0. The maximum atomic E-state index is 12.5. The number of carbonyl (C=O) groups is 2. The summed E-state index contributed by atoms with van der Waals surface area (Å²) in [7, 11) is 0. The minimum absolute atomic E-state index is 0.243. The van der Waals surface area contributed by atoms with Crippen molar-refractivity contribution in [1.82, 2.24) is 5.43 Å². The molecular weight excluding hydrogens is 433 g/mol. The second-order valence-corrected chi connectivity index (χ2v) is 7.10. The van der Waals surface area contributed by atoms with Gasteiger partial charge in [0.2, 0.25) is 0 Å². The van der Waals surface area contributed by atoms with E-state index in [1.807, 2.05) is 0 Å². The number of para-hydroxylation sites is 1. The molecule has 0 aliphatic heterocycles. The Morgan fingerprint density at radius 2 is 1.48 bits per heavy atom. The molecule has 146 valence electrons. The molecule has 0 aromatic heterocycles. The number of rotatable bonds is 5. The van der Waals surface area contributed by atoms with Gasteiger partial charge in [0.05, 0.1) is 33.1 Å². The molecule has 8 heteroatoms. The summed E-state index contributed by atoms with van der Waals surface area (Å²) >= 11 is 18.0. The molecule has 0 radical (unpaired) electrons. The third-order valence-corrected chi connectivity index (χ3v) is 4.76. The molecule has 3 rings (SSSR count). The predicted molar refractivity (Wildman–Crippen MR) is 117 cm³/mol. The highest BCUT2D eigenvalue weighted by Gasteiger charge is 2.15. The number of benzene rings is 3. The number of hydrogen-bond acceptors (Lipinski definition) is 3. The molecule has 2 N–H and O–H groups in total. The van der Waals surface area contributed by atoms with Crippen molar-refractivity contribution in [1.29, 1.82) is 0 Å². The standard InChI is InChI=1S/C21H14Cl3N3O2/c22-14-10-9-13(18(24)11-14)12-25-27-21(29)16-6-2-4-8-19(16)26-20(28)15-5-1-3-7-17(15)23/h1-12H,(H,26,28)(H,27,29)/b25-12+. The number of hydrazone groups is 1. The molecule has 0 aliphatic carbocycles. The Kier molecular flexibility index (Phi) is 6.88. The average Bonchev–Trinajstić information content (AvgIpc) is 2.70. The Labute approximate surface area is 182 Å². The molecule has 0 saturated heterocycles. The van der Waals surface area contributed by atoms with Gasteiger partial charge in [-0.25, -0.2) is 5.43 Å². The lowest BCUT2D eigenvalue weighted by atomic mass is 10.1. The van der Waals surface area contributed by atoms with Gasteiger partial charge in [-0.15, -0.1) is 0 Å². The molecule has 5 nitrogen and oxygen atoms in total. The number of nitrogens with zero attached hydrogens (tertiary/aromatic N) is 1. The fourth-order valence-electron chi connectivity index (χ4n) is 2.45. The normalized spacial score (nSPS) is 10.7. The van der Waals surface area contributed by atoms with Crippen molar-refractivity contribution in [2.45, 2.75) is 0 Å². The number of carbonyl (C=O) groups excluding carboxylic acids is 2. The van der Waals surface area contributed by atoms with Crippen molar-refractivity contribution in [3.8, 4) is 0 Å². The van der Waals surface area contributed by atoms with E-state index in [-0.39, 0.29) is 5.56 Å². The van der Waals surface area contributed by atoms with Crippen LogP contribution >= 0.6 is 34.8 Å². The first-order valence-corrected chi connectivity index (χ1v) is 9.52. The molecule has 0 fully saturated rings. The van der Waals surface area contributed by atoms with E-state index in [2.05, 4.69) is 15.8 Å².